The van der Waals surface area contributed by atoms with Crippen molar-refractivity contribution in [2.75, 3.05) is 6.54 Å². The van der Waals surface area contributed by atoms with E-state index in [2.05, 4.69) is 24.3 Å². The van der Waals surface area contributed by atoms with E-state index in [0.717, 1.165) is 12.0 Å². The van der Waals surface area contributed by atoms with E-state index in [1.165, 1.54) is 0 Å². The molecule has 3 N–H and O–H groups in total. The van der Waals surface area contributed by atoms with E-state index in [4.69, 9.17) is 21.9 Å². The van der Waals surface area contributed by atoms with Crippen molar-refractivity contribution in [1.82, 2.24) is 10.5 Å². The summed E-state index contributed by atoms with van der Waals surface area (Å²) < 4.78 is 5.13. The predicted molar refractivity (Wildman–Crippen MR) is 94.0 cm³/mol. The molecule has 1 aromatic carbocycles. The molecular weight excluding hydrogens is 337 g/mol. The first-order chi connectivity index (χ1) is 10.5. The summed E-state index contributed by atoms with van der Waals surface area (Å²) in [6, 6.07) is 8.74. The Morgan fingerprint density at radius 1 is 1.39 bits per heavy atom. The molecule has 0 aliphatic carbocycles. The Balaban J connectivity index is 0.00000264. The van der Waals surface area contributed by atoms with E-state index in [9.17, 15) is 4.79 Å². The molecule has 2 rings (SSSR count). The van der Waals surface area contributed by atoms with E-state index < -0.39 is 0 Å². The number of hydrogen-bond acceptors (Lipinski definition) is 4. The van der Waals surface area contributed by atoms with Crippen LogP contribution in [0, 0.1) is 5.92 Å². The Morgan fingerprint density at radius 2 is 2.13 bits per heavy atom. The SMILES string of the molecule is CC(C)CC(CN)NC(=O)c1cc(-c2cccc(Cl)c2)no1.Cl. The van der Waals surface area contributed by atoms with Gasteiger partial charge in [0.25, 0.3) is 5.91 Å². The van der Waals surface area contributed by atoms with Crippen LogP contribution in [0.1, 0.15) is 30.8 Å². The second-order valence-electron chi connectivity index (χ2n) is 5.62. The van der Waals surface area contributed by atoms with Crippen LogP contribution < -0.4 is 11.1 Å². The molecule has 23 heavy (non-hydrogen) atoms. The summed E-state index contributed by atoms with van der Waals surface area (Å²) in [5.74, 6) is 0.305. The van der Waals surface area contributed by atoms with Gasteiger partial charge in [0.2, 0.25) is 5.76 Å². The first-order valence-electron chi connectivity index (χ1n) is 7.23. The van der Waals surface area contributed by atoms with Crippen LogP contribution in [0.15, 0.2) is 34.9 Å². The Bertz CT molecular complexity index is 644. The fraction of sp³-hybridized carbons (Fsp3) is 0.375. The number of aromatic nitrogens is 1. The average Bonchev–Trinajstić information content (AvgIpc) is 2.96. The minimum Gasteiger partial charge on any atom is -0.350 e. The molecule has 0 saturated carbocycles. The Morgan fingerprint density at radius 3 is 2.74 bits per heavy atom. The number of nitrogens with two attached hydrogens (primary N) is 1. The molecule has 0 saturated heterocycles. The maximum Gasteiger partial charge on any atom is 0.290 e. The van der Waals surface area contributed by atoms with Gasteiger partial charge in [-0.2, -0.15) is 0 Å². The average molecular weight is 358 g/mol. The van der Waals surface area contributed by atoms with Gasteiger partial charge in [-0.3, -0.25) is 4.79 Å². The van der Waals surface area contributed by atoms with Gasteiger partial charge < -0.3 is 15.6 Å². The van der Waals surface area contributed by atoms with Gasteiger partial charge in [-0.15, -0.1) is 12.4 Å². The lowest BCUT2D eigenvalue weighted by Crippen LogP contribution is -2.40. The second kappa shape index (κ2) is 8.91. The summed E-state index contributed by atoms with van der Waals surface area (Å²) in [5.41, 5.74) is 7.05. The summed E-state index contributed by atoms with van der Waals surface area (Å²) in [6.45, 7) is 4.56. The lowest BCUT2D eigenvalue weighted by Gasteiger charge is -2.17. The molecule has 1 amide bonds. The molecule has 0 aliphatic rings. The fourth-order valence-corrected chi connectivity index (χ4v) is 2.40. The molecule has 0 aliphatic heterocycles. The third-order valence-electron chi connectivity index (χ3n) is 3.23. The quantitative estimate of drug-likeness (QED) is 0.828. The van der Waals surface area contributed by atoms with Gasteiger partial charge in [0, 0.05) is 29.2 Å². The lowest BCUT2D eigenvalue weighted by atomic mass is 10.0. The van der Waals surface area contributed by atoms with Gasteiger partial charge >= 0.3 is 0 Å². The molecular formula is C16H21Cl2N3O2. The number of amides is 1. The van der Waals surface area contributed by atoms with Crippen molar-refractivity contribution in [2.45, 2.75) is 26.3 Å². The molecule has 7 heteroatoms. The fourth-order valence-electron chi connectivity index (χ4n) is 2.21. The largest absolute Gasteiger partial charge is 0.350 e. The molecule has 1 atom stereocenters. The number of rotatable bonds is 6. The molecule has 1 heterocycles. The van der Waals surface area contributed by atoms with Gasteiger partial charge in [-0.25, -0.2) is 0 Å². The number of nitrogens with one attached hydrogen (secondary N) is 1. The van der Waals surface area contributed by atoms with Crippen LogP contribution in [0.5, 0.6) is 0 Å². The normalized spacial score (nSPS) is 11.9. The highest BCUT2D eigenvalue weighted by molar-refractivity contribution is 6.30. The first kappa shape index (κ1) is 19.5. The highest BCUT2D eigenvalue weighted by Crippen LogP contribution is 2.22. The monoisotopic (exact) mass is 357 g/mol. The number of nitrogens with zero attached hydrogens (tertiary/aromatic N) is 1. The number of hydrogen-bond donors (Lipinski definition) is 2. The first-order valence-corrected chi connectivity index (χ1v) is 7.61. The second-order valence-corrected chi connectivity index (χ2v) is 6.06. The van der Waals surface area contributed by atoms with Crippen molar-refractivity contribution < 1.29 is 9.32 Å². The van der Waals surface area contributed by atoms with Crippen LogP contribution in [0.4, 0.5) is 0 Å². The third-order valence-corrected chi connectivity index (χ3v) is 3.47. The molecule has 1 unspecified atom stereocenters. The zero-order valence-electron chi connectivity index (χ0n) is 13.1. The summed E-state index contributed by atoms with van der Waals surface area (Å²) in [7, 11) is 0. The molecule has 0 fully saturated rings. The Labute approximate surface area is 147 Å². The zero-order valence-corrected chi connectivity index (χ0v) is 14.7. The van der Waals surface area contributed by atoms with E-state index in [1.54, 1.807) is 18.2 Å². The van der Waals surface area contributed by atoms with Crippen LogP contribution in [0.2, 0.25) is 5.02 Å². The van der Waals surface area contributed by atoms with Crippen LogP contribution in [0.3, 0.4) is 0 Å². The minimum atomic E-state index is -0.308. The van der Waals surface area contributed by atoms with Gasteiger partial charge in [-0.05, 0) is 24.5 Å². The third kappa shape index (κ3) is 5.53. The maximum absolute atomic E-state index is 12.2. The predicted octanol–water partition coefficient (Wildman–Crippen LogP) is 3.52. The summed E-state index contributed by atoms with van der Waals surface area (Å²) in [4.78, 5) is 12.2. The van der Waals surface area contributed by atoms with Gasteiger partial charge in [-0.1, -0.05) is 42.7 Å². The molecule has 2 aromatic rings. The van der Waals surface area contributed by atoms with Gasteiger partial charge in [0.05, 0.1) is 0 Å². The van der Waals surface area contributed by atoms with E-state index in [0.29, 0.717) is 23.2 Å². The van der Waals surface area contributed by atoms with Gasteiger partial charge in [0.15, 0.2) is 0 Å². The highest BCUT2D eigenvalue weighted by Gasteiger charge is 2.18. The molecule has 1 aromatic heterocycles. The Hall–Kier alpha value is -1.56. The summed E-state index contributed by atoms with van der Waals surface area (Å²) >= 11 is 5.95. The van der Waals surface area contributed by atoms with E-state index >= 15 is 0 Å². The maximum atomic E-state index is 12.2. The van der Waals surface area contributed by atoms with Crippen LogP contribution in [-0.4, -0.2) is 23.7 Å². The zero-order chi connectivity index (χ0) is 16.1. The highest BCUT2D eigenvalue weighted by atomic mass is 35.5. The number of carbonyl (C=O) groups excluding carboxylic acids is 1. The molecule has 0 spiro atoms. The number of carbonyl (C=O) groups is 1. The molecule has 5 nitrogen and oxygen atoms in total. The lowest BCUT2D eigenvalue weighted by molar-refractivity contribution is 0.0896. The molecule has 126 valence electrons. The molecule has 0 radical (unpaired) electrons. The van der Waals surface area contributed by atoms with Crippen molar-refractivity contribution in [3.8, 4) is 11.3 Å². The molecule has 0 bridgehead atoms. The van der Waals surface area contributed by atoms with Crippen molar-refractivity contribution in [3.63, 3.8) is 0 Å². The van der Waals surface area contributed by atoms with Crippen LogP contribution >= 0.6 is 24.0 Å². The standard InChI is InChI=1S/C16H20ClN3O2.ClH/c1-10(2)6-13(9-18)19-16(21)15-8-14(20-22-15)11-4-3-5-12(17)7-11;/h3-5,7-8,10,13H,6,9,18H2,1-2H3,(H,19,21);1H. The Kier molecular flexibility index (Phi) is 7.55. The van der Waals surface area contributed by atoms with Gasteiger partial charge in [0.1, 0.15) is 5.69 Å². The number of benzene rings is 1. The topological polar surface area (TPSA) is 81.1 Å². The van der Waals surface area contributed by atoms with Crippen molar-refractivity contribution in [3.05, 3.63) is 41.1 Å². The van der Waals surface area contributed by atoms with Crippen LogP contribution in [0.25, 0.3) is 11.3 Å². The summed E-state index contributed by atoms with van der Waals surface area (Å²) in [6.07, 6.45) is 0.817. The van der Waals surface area contributed by atoms with Crippen LogP contribution in [-0.2, 0) is 0 Å². The minimum absolute atomic E-state index is 0. The smallest absolute Gasteiger partial charge is 0.290 e. The number of halogens is 2. The van der Waals surface area contributed by atoms with Crippen molar-refractivity contribution in [2.24, 2.45) is 11.7 Å². The van der Waals surface area contributed by atoms with Crippen molar-refractivity contribution >= 4 is 29.9 Å². The summed E-state index contributed by atoms with van der Waals surface area (Å²) in [5, 5.41) is 7.39. The van der Waals surface area contributed by atoms with E-state index in [1.807, 2.05) is 12.1 Å². The van der Waals surface area contributed by atoms with Crippen molar-refractivity contribution in [1.29, 1.82) is 0 Å². The van der Waals surface area contributed by atoms with E-state index in [-0.39, 0.29) is 30.1 Å².